The topological polar surface area (TPSA) is 93.2 Å². The number of carbonyl (C=O) groups excluding carboxylic acids is 1. The number of nitrogens with one attached hydrogen (secondary N) is 2. The van der Waals surface area contributed by atoms with E-state index in [1.807, 2.05) is 73.7 Å². The summed E-state index contributed by atoms with van der Waals surface area (Å²) in [5, 5.41) is 10.4. The van der Waals surface area contributed by atoms with Gasteiger partial charge in [0.25, 0.3) is 0 Å². The minimum absolute atomic E-state index is 0.292. The first-order valence-electron chi connectivity index (χ1n) is 8.49. The molecule has 2 amide bonds. The number of carbonyl (C=O) groups is 1. The highest BCUT2D eigenvalue weighted by atomic mass is 16.5. The standard InChI is InChI=1S/C21H18N4O2/c1-13-4-2-5-16(12-13)24-21(26)23-15-10-8-14(9-11-15)17-6-3-7-18-19(17)20(22)27-25-18/h2-12H,22H2,1H3,(H2,23,24,26). The largest absolute Gasteiger partial charge is 0.367 e. The molecule has 4 aromatic rings. The van der Waals surface area contributed by atoms with Gasteiger partial charge >= 0.3 is 6.03 Å². The molecule has 0 aliphatic heterocycles. The number of benzene rings is 3. The summed E-state index contributed by atoms with van der Waals surface area (Å²) < 4.78 is 5.08. The number of aryl methyl sites for hydroxylation is 1. The van der Waals surface area contributed by atoms with Gasteiger partial charge in [-0.15, -0.1) is 0 Å². The Bertz CT molecular complexity index is 1120. The number of nitrogens with two attached hydrogens (primary N) is 1. The van der Waals surface area contributed by atoms with Crippen LogP contribution in [0.4, 0.5) is 22.1 Å². The number of urea groups is 1. The highest BCUT2D eigenvalue weighted by Gasteiger charge is 2.11. The van der Waals surface area contributed by atoms with Crippen molar-refractivity contribution in [1.82, 2.24) is 5.16 Å². The molecule has 3 aromatic carbocycles. The van der Waals surface area contributed by atoms with Gasteiger partial charge in [0.1, 0.15) is 5.52 Å². The molecule has 0 atom stereocenters. The lowest BCUT2D eigenvalue weighted by Gasteiger charge is -2.09. The van der Waals surface area contributed by atoms with Gasteiger partial charge in [-0.25, -0.2) is 4.79 Å². The number of aromatic nitrogens is 1. The first-order valence-corrected chi connectivity index (χ1v) is 8.49. The molecule has 6 heteroatoms. The smallest absolute Gasteiger partial charge is 0.323 e. The molecule has 4 N–H and O–H groups in total. The van der Waals surface area contributed by atoms with E-state index in [1.54, 1.807) is 0 Å². The monoisotopic (exact) mass is 358 g/mol. The number of nitrogen functional groups attached to an aromatic ring is 1. The summed E-state index contributed by atoms with van der Waals surface area (Å²) in [5.41, 5.74) is 11.0. The Balaban J connectivity index is 1.52. The highest BCUT2D eigenvalue weighted by Crippen LogP contribution is 2.32. The van der Waals surface area contributed by atoms with Crippen molar-refractivity contribution in [1.29, 1.82) is 0 Å². The molecule has 0 aliphatic carbocycles. The molecular formula is C21H18N4O2. The molecule has 0 spiro atoms. The van der Waals surface area contributed by atoms with Gasteiger partial charge in [-0.05, 0) is 53.9 Å². The highest BCUT2D eigenvalue weighted by molar-refractivity contribution is 6.02. The van der Waals surface area contributed by atoms with Gasteiger partial charge < -0.3 is 20.9 Å². The van der Waals surface area contributed by atoms with Crippen molar-refractivity contribution < 1.29 is 9.32 Å². The number of nitrogens with zero attached hydrogens (tertiary/aromatic N) is 1. The average Bonchev–Trinajstić information content (AvgIpc) is 3.04. The Labute approximate surface area is 156 Å². The summed E-state index contributed by atoms with van der Waals surface area (Å²) in [6.45, 7) is 1.98. The third-order valence-electron chi connectivity index (χ3n) is 4.26. The Morgan fingerprint density at radius 3 is 2.48 bits per heavy atom. The van der Waals surface area contributed by atoms with Crippen molar-refractivity contribution in [3.8, 4) is 11.1 Å². The van der Waals surface area contributed by atoms with Crippen LogP contribution in [0.1, 0.15) is 5.56 Å². The second kappa shape index (κ2) is 6.84. The predicted molar refractivity (Wildman–Crippen MR) is 108 cm³/mol. The van der Waals surface area contributed by atoms with Crippen molar-refractivity contribution in [2.45, 2.75) is 6.92 Å². The van der Waals surface area contributed by atoms with E-state index < -0.39 is 0 Å². The van der Waals surface area contributed by atoms with Crippen molar-refractivity contribution in [3.63, 3.8) is 0 Å². The van der Waals surface area contributed by atoms with Crippen LogP contribution in [0.15, 0.2) is 71.3 Å². The number of hydrogen-bond donors (Lipinski definition) is 3. The van der Waals surface area contributed by atoms with Crippen LogP contribution in [0, 0.1) is 6.92 Å². The SMILES string of the molecule is Cc1cccc(NC(=O)Nc2ccc(-c3cccc4noc(N)c34)cc2)c1. The van der Waals surface area contributed by atoms with Gasteiger partial charge in [0.2, 0.25) is 5.88 Å². The van der Waals surface area contributed by atoms with Crippen LogP contribution in [0.25, 0.3) is 22.0 Å². The molecule has 0 saturated heterocycles. The predicted octanol–water partition coefficient (Wildman–Crippen LogP) is 5.03. The molecule has 0 saturated carbocycles. The van der Waals surface area contributed by atoms with Gasteiger partial charge in [0, 0.05) is 11.4 Å². The number of fused-ring (bicyclic) bond motifs is 1. The number of amides is 2. The Morgan fingerprint density at radius 2 is 1.70 bits per heavy atom. The van der Waals surface area contributed by atoms with Crippen molar-refractivity contribution >= 4 is 34.2 Å². The quantitative estimate of drug-likeness (QED) is 0.479. The summed E-state index contributed by atoms with van der Waals surface area (Å²) in [6.07, 6.45) is 0. The molecule has 0 unspecified atom stereocenters. The zero-order chi connectivity index (χ0) is 18.8. The minimum Gasteiger partial charge on any atom is -0.367 e. The third-order valence-corrected chi connectivity index (χ3v) is 4.26. The fraction of sp³-hybridized carbons (Fsp3) is 0.0476. The third kappa shape index (κ3) is 3.46. The van der Waals surface area contributed by atoms with E-state index in [1.165, 1.54) is 0 Å². The van der Waals surface area contributed by atoms with Gasteiger partial charge in [-0.3, -0.25) is 0 Å². The molecule has 0 bridgehead atoms. The van der Waals surface area contributed by atoms with Gasteiger partial charge in [-0.2, -0.15) is 0 Å². The minimum atomic E-state index is -0.293. The fourth-order valence-corrected chi connectivity index (χ4v) is 3.01. The van der Waals surface area contributed by atoms with E-state index in [2.05, 4.69) is 15.8 Å². The van der Waals surface area contributed by atoms with E-state index in [4.69, 9.17) is 10.3 Å². The Kier molecular flexibility index (Phi) is 4.22. The Hall–Kier alpha value is -3.80. The summed E-state index contributed by atoms with van der Waals surface area (Å²) in [7, 11) is 0. The van der Waals surface area contributed by atoms with E-state index in [0.717, 1.165) is 27.8 Å². The van der Waals surface area contributed by atoms with Gasteiger partial charge in [-0.1, -0.05) is 41.6 Å². The van der Waals surface area contributed by atoms with Crippen LogP contribution in [0.3, 0.4) is 0 Å². The zero-order valence-corrected chi connectivity index (χ0v) is 14.7. The van der Waals surface area contributed by atoms with Crippen molar-refractivity contribution in [3.05, 3.63) is 72.3 Å². The fourth-order valence-electron chi connectivity index (χ4n) is 3.01. The number of rotatable bonds is 3. The van der Waals surface area contributed by atoms with Gasteiger partial charge in [0.05, 0.1) is 5.39 Å². The van der Waals surface area contributed by atoms with Crippen LogP contribution in [0.2, 0.25) is 0 Å². The van der Waals surface area contributed by atoms with Crippen LogP contribution < -0.4 is 16.4 Å². The number of hydrogen-bond acceptors (Lipinski definition) is 4. The molecule has 0 fully saturated rings. The molecule has 6 nitrogen and oxygen atoms in total. The lowest BCUT2D eigenvalue weighted by molar-refractivity contribution is 0.262. The molecule has 0 aliphatic rings. The van der Waals surface area contributed by atoms with E-state index >= 15 is 0 Å². The first-order chi connectivity index (χ1) is 13.1. The Morgan fingerprint density at radius 1 is 0.963 bits per heavy atom. The summed E-state index contributed by atoms with van der Waals surface area (Å²) in [4.78, 5) is 12.2. The lowest BCUT2D eigenvalue weighted by Crippen LogP contribution is -2.19. The van der Waals surface area contributed by atoms with Gasteiger partial charge in [0.15, 0.2) is 0 Å². The maximum Gasteiger partial charge on any atom is 0.323 e. The molecule has 1 heterocycles. The maximum absolute atomic E-state index is 12.2. The maximum atomic E-state index is 12.2. The van der Waals surface area contributed by atoms with E-state index in [9.17, 15) is 4.79 Å². The van der Waals surface area contributed by atoms with Crippen molar-refractivity contribution in [2.75, 3.05) is 16.4 Å². The molecule has 27 heavy (non-hydrogen) atoms. The molecule has 1 aromatic heterocycles. The summed E-state index contributed by atoms with van der Waals surface area (Å²) in [6, 6.07) is 20.6. The average molecular weight is 358 g/mol. The normalized spacial score (nSPS) is 10.7. The first kappa shape index (κ1) is 16.7. The molecule has 4 rings (SSSR count). The summed E-state index contributed by atoms with van der Waals surface area (Å²) >= 11 is 0. The molecule has 0 radical (unpaired) electrons. The second-order valence-electron chi connectivity index (χ2n) is 6.27. The second-order valence-corrected chi connectivity index (χ2v) is 6.27. The molecular weight excluding hydrogens is 340 g/mol. The summed E-state index contributed by atoms with van der Waals surface area (Å²) in [5.74, 6) is 0.292. The van der Waals surface area contributed by atoms with E-state index in [-0.39, 0.29) is 6.03 Å². The lowest BCUT2D eigenvalue weighted by atomic mass is 10.0. The van der Waals surface area contributed by atoms with Crippen molar-refractivity contribution in [2.24, 2.45) is 0 Å². The van der Waals surface area contributed by atoms with Crippen LogP contribution in [-0.2, 0) is 0 Å². The zero-order valence-electron chi connectivity index (χ0n) is 14.7. The van der Waals surface area contributed by atoms with E-state index in [0.29, 0.717) is 17.1 Å². The number of anilines is 3. The molecule has 134 valence electrons. The van der Waals surface area contributed by atoms with Crippen LogP contribution in [0.5, 0.6) is 0 Å². The van der Waals surface area contributed by atoms with Crippen LogP contribution >= 0.6 is 0 Å². The van der Waals surface area contributed by atoms with Crippen LogP contribution in [-0.4, -0.2) is 11.2 Å².